The van der Waals surface area contributed by atoms with E-state index >= 15 is 0 Å². The molecule has 5 nitrogen and oxygen atoms in total. The summed E-state index contributed by atoms with van der Waals surface area (Å²) in [7, 11) is 0. The minimum absolute atomic E-state index is 0.133. The molecular formula is C18H22N2O3. The summed E-state index contributed by atoms with van der Waals surface area (Å²) in [4.78, 5) is 38.5. The highest BCUT2D eigenvalue weighted by Gasteiger charge is 2.41. The van der Waals surface area contributed by atoms with E-state index in [0.717, 1.165) is 24.2 Å². The average Bonchev–Trinajstić information content (AvgIpc) is 2.81. The fourth-order valence-electron chi connectivity index (χ4n) is 3.51. The van der Waals surface area contributed by atoms with Gasteiger partial charge in [-0.25, -0.2) is 0 Å². The number of carbonyl (C=O) groups is 3. The highest BCUT2D eigenvalue weighted by atomic mass is 16.2. The van der Waals surface area contributed by atoms with Gasteiger partial charge in [-0.3, -0.25) is 19.3 Å². The number of hydrogen-bond donors (Lipinski definition) is 1. The third kappa shape index (κ3) is 2.76. The van der Waals surface area contributed by atoms with Crippen molar-refractivity contribution in [3.8, 4) is 0 Å². The van der Waals surface area contributed by atoms with Gasteiger partial charge in [-0.1, -0.05) is 31.9 Å². The molecule has 122 valence electrons. The van der Waals surface area contributed by atoms with Crippen molar-refractivity contribution in [1.29, 1.82) is 0 Å². The summed E-state index contributed by atoms with van der Waals surface area (Å²) in [5.74, 6) is -0.588. The molecule has 0 spiro atoms. The molecule has 1 aliphatic carbocycles. The molecule has 3 rings (SSSR count). The molecule has 0 bridgehead atoms. The third-order valence-electron chi connectivity index (χ3n) is 5.03. The molecule has 2 aliphatic rings. The van der Waals surface area contributed by atoms with Gasteiger partial charge in [0.2, 0.25) is 5.91 Å². The topological polar surface area (TPSA) is 66.5 Å². The van der Waals surface area contributed by atoms with E-state index in [1.807, 2.05) is 0 Å². The van der Waals surface area contributed by atoms with Gasteiger partial charge in [0, 0.05) is 6.04 Å². The van der Waals surface area contributed by atoms with Crippen molar-refractivity contribution in [2.24, 2.45) is 5.92 Å². The summed E-state index contributed by atoms with van der Waals surface area (Å²) in [6.07, 6.45) is 4.37. The zero-order valence-electron chi connectivity index (χ0n) is 13.5. The van der Waals surface area contributed by atoms with Crippen LogP contribution in [0.5, 0.6) is 0 Å². The van der Waals surface area contributed by atoms with Gasteiger partial charge in [0.1, 0.15) is 6.04 Å². The zero-order valence-corrected chi connectivity index (χ0v) is 13.5. The molecule has 0 radical (unpaired) electrons. The van der Waals surface area contributed by atoms with Crippen LogP contribution >= 0.6 is 0 Å². The maximum atomic E-state index is 12.5. The van der Waals surface area contributed by atoms with Crippen LogP contribution < -0.4 is 5.32 Å². The van der Waals surface area contributed by atoms with Crippen molar-refractivity contribution < 1.29 is 14.4 Å². The first-order valence-electron chi connectivity index (χ1n) is 8.28. The van der Waals surface area contributed by atoms with Crippen LogP contribution in [-0.4, -0.2) is 34.7 Å². The summed E-state index contributed by atoms with van der Waals surface area (Å²) in [6.45, 7) is 3.75. The molecular weight excluding hydrogens is 292 g/mol. The number of imide groups is 1. The molecule has 0 saturated heterocycles. The van der Waals surface area contributed by atoms with Crippen molar-refractivity contribution in [2.45, 2.75) is 51.6 Å². The van der Waals surface area contributed by atoms with Gasteiger partial charge >= 0.3 is 0 Å². The van der Waals surface area contributed by atoms with E-state index in [1.165, 1.54) is 6.42 Å². The third-order valence-corrected chi connectivity index (χ3v) is 5.03. The van der Waals surface area contributed by atoms with Gasteiger partial charge in [-0.15, -0.1) is 0 Å². The number of benzene rings is 1. The number of rotatable bonds is 3. The molecule has 1 aromatic rings. The Balaban J connectivity index is 1.73. The first-order valence-corrected chi connectivity index (χ1v) is 8.28. The highest BCUT2D eigenvalue weighted by Crippen LogP contribution is 2.26. The lowest BCUT2D eigenvalue weighted by atomic mass is 9.86. The quantitative estimate of drug-likeness (QED) is 0.871. The monoisotopic (exact) mass is 314 g/mol. The van der Waals surface area contributed by atoms with Crippen LogP contribution in [0.25, 0.3) is 0 Å². The zero-order chi connectivity index (χ0) is 16.6. The number of fused-ring (bicyclic) bond motifs is 1. The molecule has 5 heteroatoms. The lowest BCUT2D eigenvalue weighted by Gasteiger charge is -2.31. The summed E-state index contributed by atoms with van der Waals surface area (Å²) < 4.78 is 0. The molecule has 3 amide bonds. The molecule has 1 N–H and O–H groups in total. The lowest BCUT2D eigenvalue weighted by molar-refractivity contribution is -0.125. The summed E-state index contributed by atoms with van der Waals surface area (Å²) in [5.41, 5.74) is 0.756. The van der Waals surface area contributed by atoms with Gasteiger partial charge in [0.05, 0.1) is 11.1 Å². The van der Waals surface area contributed by atoms with Crippen molar-refractivity contribution >= 4 is 17.7 Å². The van der Waals surface area contributed by atoms with Crippen LogP contribution in [0.4, 0.5) is 0 Å². The normalized spacial score (nSPS) is 25.2. The number of nitrogens with one attached hydrogen (secondary N) is 1. The van der Waals surface area contributed by atoms with Gasteiger partial charge < -0.3 is 5.32 Å². The SMILES string of the molecule is C[C@H](C(=O)N[C@H]1CCCC[C@@H]1C)N1C(=O)c2ccccc2C1=O. The molecule has 23 heavy (non-hydrogen) atoms. The predicted octanol–water partition coefficient (Wildman–Crippen LogP) is 2.37. The Morgan fingerprint density at radius 2 is 1.70 bits per heavy atom. The molecule has 1 aliphatic heterocycles. The Morgan fingerprint density at radius 3 is 2.26 bits per heavy atom. The van der Waals surface area contributed by atoms with E-state index in [0.29, 0.717) is 17.0 Å². The van der Waals surface area contributed by atoms with Crippen molar-refractivity contribution in [3.05, 3.63) is 35.4 Å². The van der Waals surface area contributed by atoms with Crippen molar-refractivity contribution in [3.63, 3.8) is 0 Å². The molecule has 1 saturated carbocycles. The fourth-order valence-corrected chi connectivity index (χ4v) is 3.51. The van der Waals surface area contributed by atoms with E-state index in [4.69, 9.17) is 0 Å². The number of carbonyl (C=O) groups excluding carboxylic acids is 3. The molecule has 1 heterocycles. The van der Waals surface area contributed by atoms with Crippen LogP contribution in [0.1, 0.15) is 60.2 Å². The maximum Gasteiger partial charge on any atom is 0.262 e. The first-order chi connectivity index (χ1) is 11.0. The van der Waals surface area contributed by atoms with Gasteiger partial charge in [0.25, 0.3) is 11.8 Å². The number of hydrogen-bond acceptors (Lipinski definition) is 3. The number of amides is 3. The van der Waals surface area contributed by atoms with Gasteiger partial charge in [-0.05, 0) is 37.8 Å². The summed E-state index contributed by atoms with van der Waals surface area (Å²) >= 11 is 0. The minimum Gasteiger partial charge on any atom is -0.351 e. The Labute approximate surface area is 136 Å². The molecule has 1 aromatic carbocycles. The smallest absolute Gasteiger partial charge is 0.262 e. The largest absolute Gasteiger partial charge is 0.351 e. The maximum absolute atomic E-state index is 12.5. The van der Waals surface area contributed by atoms with E-state index in [1.54, 1.807) is 31.2 Å². The van der Waals surface area contributed by atoms with E-state index in [2.05, 4.69) is 12.2 Å². The minimum atomic E-state index is -0.795. The van der Waals surface area contributed by atoms with Crippen LogP contribution in [0.3, 0.4) is 0 Å². The second-order valence-electron chi connectivity index (χ2n) is 6.58. The van der Waals surface area contributed by atoms with Crippen LogP contribution in [-0.2, 0) is 4.79 Å². The van der Waals surface area contributed by atoms with E-state index < -0.39 is 6.04 Å². The lowest BCUT2D eigenvalue weighted by Crippen LogP contribution is -2.52. The Hall–Kier alpha value is -2.17. The first kappa shape index (κ1) is 15.7. The second kappa shape index (κ2) is 6.14. The summed E-state index contributed by atoms with van der Waals surface area (Å²) in [5, 5.41) is 3.03. The molecule has 3 atom stereocenters. The Morgan fingerprint density at radius 1 is 1.13 bits per heavy atom. The van der Waals surface area contributed by atoms with Crippen LogP contribution in [0.15, 0.2) is 24.3 Å². The Bertz CT molecular complexity index is 620. The van der Waals surface area contributed by atoms with E-state index in [-0.39, 0.29) is 23.8 Å². The van der Waals surface area contributed by atoms with Crippen molar-refractivity contribution in [2.75, 3.05) is 0 Å². The van der Waals surface area contributed by atoms with Crippen LogP contribution in [0.2, 0.25) is 0 Å². The molecule has 0 unspecified atom stereocenters. The van der Waals surface area contributed by atoms with Crippen molar-refractivity contribution in [1.82, 2.24) is 10.2 Å². The second-order valence-corrected chi connectivity index (χ2v) is 6.58. The molecule has 0 aromatic heterocycles. The van der Waals surface area contributed by atoms with Gasteiger partial charge in [0.15, 0.2) is 0 Å². The van der Waals surface area contributed by atoms with E-state index in [9.17, 15) is 14.4 Å². The van der Waals surface area contributed by atoms with Crippen LogP contribution in [0, 0.1) is 5.92 Å². The predicted molar refractivity (Wildman–Crippen MR) is 86.0 cm³/mol. The van der Waals surface area contributed by atoms with Gasteiger partial charge in [-0.2, -0.15) is 0 Å². The highest BCUT2D eigenvalue weighted by molar-refractivity contribution is 6.22. The fraction of sp³-hybridized carbons (Fsp3) is 0.500. The standard InChI is InChI=1S/C18H22N2O3/c1-11-7-3-6-10-15(11)19-16(21)12(2)20-17(22)13-8-4-5-9-14(13)18(20)23/h4-5,8-9,11-12,15H,3,6-7,10H2,1-2H3,(H,19,21)/t11-,12+,15-/m0/s1. The molecule has 1 fully saturated rings. The Kier molecular flexibility index (Phi) is 4.20. The average molecular weight is 314 g/mol. The number of nitrogens with zero attached hydrogens (tertiary/aromatic N) is 1. The summed E-state index contributed by atoms with van der Waals surface area (Å²) in [6, 6.07) is 6.04.